The first kappa shape index (κ1) is 18.2. The molecule has 1 N–H and O–H groups in total. The van der Waals surface area contributed by atoms with Gasteiger partial charge in [0.15, 0.2) is 0 Å². The van der Waals surface area contributed by atoms with E-state index >= 15 is 0 Å². The fourth-order valence-electron chi connectivity index (χ4n) is 5.00. The van der Waals surface area contributed by atoms with Crippen LogP contribution in [0.5, 0.6) is 0 Å². The topological polar surface area (TPSA) is 46.6 Å². The molecular formula is C21H33N3O2. The lowest BCUT2D eigenvalue weighted by molar-refractivity contribution is -0.173. The van der Waals surface area contributed by atoms with Crippen molar-refractivity contribution in [3.8, 4) is 0 Å². The molecule has 2 atom stereocenters. The minimum absolute atomic E-state index is 0.275. The van der Waals surface area contributed by atoms with E-state index in [0.717, 1.165) is 64.5 Å². The summed E-state index contributed by atoms with van der Waals surface area (Å²) in [5, 5.41) is 3.83. The quantitative estimate of drug-likeness (QED) is 0.845. The Hall–Kier alpha value is -1.17. The first-order valence-electron chi connectivity index (χ1n) is 10.4. The molecule has 1 aromatic rings. The SMILES string of the molecule is CCO[C@@H]1C[C@H](NCc2ccnc(N3CCCCC3)c2)C12CCOCC2. The highest BCUT2D eigenvalue weighted by atomic mass is 16.5. The van der Waals surface area contributed by atoms with E-state index in [1.54, 1.807) is 0 Å². The van der Waals surface area contributed by atoms with E-state index in [1.807, 2.05) is 6.20 Å². The van der Waals surface area contributed by atoms with Crippen molar-refractivity contribution in [1.29, 1.82) is 0 Å². The first-order valence-corrected chi connectivity index (χ1v) is 10.4. The molecule has 5 heteroatoms. The van der Waals surface area contributed by atoms with Gasteiger partial charge in [0, 0.05) is 57.1 Å². The molecule has 0 amide bonds. The van der Waals surface area contributed by atoms with Crippen molar-refractivity contribution in [1.82, 2.24) is 10.3 Å². The predicted octanol–water partition coefficient (Wildman–Crippen LogP) is 3.14. The highest BCUT2D eigenvalue weighted by Crippen LogP contribution is 2.50. The van der Waals surface area contributed by atoms with Gasteiger partial charge in [-0.2, -0.15) is 0 Å². The molecule has 0 unspecified atom stereocenters. The van der Waals surface area contributed by atoms with Crippen LogP contribution in [0.4, 0.5) is 5.82 Å². The summed E-state index contributed by atoms with van der Waals surface area (Å²) < 4.78 is 11.7. The Morgan fingerprint density at radius 3 is 2.85 bits per heavy atom. The second-order valence-electron chi connectivity index (χ2n) is 8.03. The zero-order chi connectivity index (χ0) is 17.8. The smallest absolute Gasteiger partial charge is 0.128 e. The number of anilines is 1. The fourth-order valence-corrected chi connectivity index (χ4v) is 5.00. The Labute approximate surface area is 157 Å². The predicted molar refractivity (Wildman–Crippen MR) is 103 cm³/mol. The molecule has 144 valence electrons. The minimum atomic E-state index is 0.275. The van der Waals surface area contributed by atoms with E-state index in [2.05, 4.69) is 34.3 Å². The summed E-state index contributed by atoms with van der Waals surface area (Å²) in [4.78, 5) is 7.04. The molecule has 1 aliphatic carbocycles. The van der Waals surface area contributed by atoms with E-state index in [-0.39, 0.29) is 5.41 Å². The molecule has 2 saturated heterocycles. The molecule has 0 radical (unpaired) electrons. The van der Waals surface area contributed by atoms with Gasteiger partial charge < -0.3 is 19.7 Å². The van der Waals surface area contributed by atoms with Crippen LogP contribution in [0.2, 0.25) is 0 Å². The summed E-state index contributed by atoms with van der Waals surface area (Å²) in [5.74, 6) is 1.14. The van der Waals surface area contributed by atoms with Gasteiger partial charge in [-0.25, -0.2) is 4.98 Å². The van der Waals surface area contributed by atoms with Gasteiger partial charge >= 0.3 is 0 Å². The average molecular weight is 360 g/mol. The lowest BCUT2D eigenvalue weighted by Gasteiger charge is -2.57. The molecule has 3 aliphatic rings. The summed E-state index contributed by atoms with van der Waals surface area (Å²) in [6.45, 7) is 7.86. The molecule has 3 heterocycles. The maximum atomic E-state index is 6.04. The fraction of sp³-hybridized carbons (Fsp3) is 0.762. The van der Waals surface area contributed by atoms with Gasteiger partial charge in [-0.3, -0.25) is 0 Å². The van der Waals surface area contributed by atoms with Gasteiger partial charge in [-0.1, -0.05) is 0 Å². The molecule has 5 nitrogen and oxygen atoms in total. The lowest BCUT2D eigenvalue weighted by atomic mass is 9.57. The molecular weight excluding hydrogens is 326 g/mol. The number of rotatable bonds is 6. The number of pyridine rings is 1. The Bertz CT molecular complexity index is 582. The highest BCUT2D eigenvalue weighted by molar-refractivity contribution is 5.41. The van der Waals surface area contributed by atoms with Gasteiger partial charge in [0.1, 0.15) is 5.82 Å². The van der Waals surface area contributed by atoms with Crippen LogP contribution in [0, 0.1) is 5.41 Å². The number of nitrogens with zero attached hydrogens (tertiary/aromatic N) is 2. The van der Waals surface area contributed by atoms with Gasteiger partial charge in [0.25, 0.3) is 0 Å². The zero-order valence-electron chi connectivity index (χ0n) is 16.1. The van der Waals surface area contributed by atoms with Gasteiger partial charge in [0.2, 0.25) is 0 Å². The molecule has 1 saturated carbocycles. The van der Waals surface area contributed by atoms with Crippen molar-refractivity contribution in [3.63, 3.8) is 0 Å². The number of aromatic nitrogens is 1. The van der Waals surface area contributed by atoms with Crippen molar-refractivity contribution in [2.75, 3.05) is 37.8 Å². The molecule has 0 bridgehead atoms. The third-order valence-electron chi connectivity index (χ3n) is 6.62. The van der Waals surface area contributed by atoms with Crippen LogP contribution >= 0.6 is 0 Å². The van der Waals surface area contributed by atoms with Gasteiger partial charge in [-0.05, 0) is 63.1 Å². The number of nitrogens with one attached hydrogen (secondary N) is 1. The van der Waals surface area contributed by atoms with Crippen molar-refractivity contribution in [2.24, 2.45) is 5.41 Å². The van der Waals surface area contributed by atoms with Gasteiger partial charge in [-0.15, -0.1) is 0 Å². The first-order chi connectivity index (χ1) is 12.8. The number of hydrogen-bond acceptors (Lipinski definition) is 5. The number of piperidine rings is 1. The van der Waals surface area contributed by atoms with E-state index in [9.17, 15) is 0 Å². The van der Waals surface area contributed by atoms with Crippen molar-refractivity contribution in [2.45, 2.75) is 64.1 Å². The third kappa shape index (κ3) is 3.62. The monoisotopic (exact) mass is 359 g/mol. The summed E-state index contributed by atoms with van der Waals surface area (Å²) in [6, 6.07) is 4.96. The van der Waals surface area contributed by atoms with Crippen LogP contribution in [0.25, 0.3) is 0 Å². The van der Waals surface area contributed by atoms with Crippen LogP contribution in [-0.2, 0) is 16.0 Å². The molecule has 3 fully saturated rings. The average Bonchev–Trinajstić information content (AvgIpc) is 2.71. The summed E-state index contributed by atoms with van der Waals surface area (Å²) in [6.07, 6.45) is 9.65. The molecule has 1 spiro atoms. The van der Waals surface area contributed by atoms with Crippen LogP contribution in [-0.4, -0.2) is 50.0 Å². The normalized spacial score (nSPS) is 28.1. The number of ether oxygens (including phenoxy) is 2. The maximum absolute atomic E-state index is 6.04. The van der Waals surface area contributed by atoms with Crippen LogP contribution in [0.1, 0.15) is 51.0 Å². The zero-order valence-corrected chi connectivity index (χ0v) is 16.1. The van der Waals surface area contributed by atoms with E-state index < -0.39 is 0 Å². The van der Waals surface area contributed by atoms with Crippen LogP contribution in [0.3, 0.4) is 0 Å². The van der Waals surface area contributed by atoms with Crippen molar-refractivity contribution >= 4 is 5.82 Å². The second-order valence-corrected chi connectivity index (χ2v) is 8.03. The Kier molecular flexibility index (Phi) is 5.77. The van der Waals surface area contributed by atoms with E-state index in [4.69, 9.17) is 9.47 Å². The maximum Gasteiger partial charge on any atom is 0.128 e. The number of hydrogen-bond donors (Lipinski definition) is 1. The van der Waals surface area contributed by atoms with E-state index in [1.165, 1.54) is 24.8 Å². The Morgan fingerprint density at radius 2 is 2.08 bits per heavy atom. The summed E-state index contributed by atoms with van der Waals surface area (Å²) in [5.41, 5.74) is 1.61. The standard InChI is InChI=1S/C21H33N3O2/c1-2-26-19-15-18(21(19)7-12-25-13-8-21)23-16-17-6-9-22-20(14-17)24-10-4-3-5-11-24/h6,9,14,18-19,23H,2-5,7-8,10-13,15-16H2,1H3/t18-,19+/m0/s1. The Morgan fingerprint density at radius 1 is 1.27 bits per heavy atom. The van der Waals surface area contributed by atoms with Crippen LogP contribution < -0.4 is 10.2 Å². The largest absolute Gasteiger partial charge is 0.381 e. The van der Waals surface area contributed by atoms with Crippen LogP contribution in [0.15, 0.2) is 18.3 Å². The molecule has 26 heavy (non-hydrogen) atoms. The second kappa shape index (κ2) is 8.24. The van der Waals surface area contributed by atoms with Gasteiger partial charge in [0.05, 0.1) is 6.10 Å². The summed E-state index contributed by atoms with van der Waals surface area (Å²) in [7, 11) is 0. The molecule has 0 aromatic carbocycles. The molecule has 2 aliphatic heterocycles. The minimum Gasteiger partial charge on any atom is -0.381 e. The summed E-state index contributed by atoms with van der Waals surface area (Å²) >= 11 is 0. The Balaban J connectivity index is 1.37. The lowest BCUT2D eigenvalue weighted by Crippen LogP contribution is -2.65. The molecule has 1 aromatic heterocycles. The third-order valence-corrected chi connectivity index (χ3v) is 6.62. The highest BCUT2D eigenvalue weighted by Gasteiger charge is 2.55. The van der Waals surface area contributed by atoms with Crippen molar-refractivity contribution in [3.05, 3.63) is 23.9 Å². The van der Waals surface area contributed by atoms with E-state index in [0.29, 0.717) is 12.1 Å². The molecule has 4 rings (SSSR count). The van der Waals surface area contributed by atoms with Crippen molar-refractivity contribution < 1.29 is 9.47 Å².